The topological polar surface area (TPSA) is 97.3 Å². The normalized spacial score (nSPS) is 11.3. The molecule has 10 heteroatoms. The maximum atomic E-state index is 13.5. The van der Waals surface area contributed by atoms with Gasteiger partial charge in [-0.25, -0.2) is 13.8 Å². The van der Waals surface area contributed by atoms with Crippen LogP contribution in [0.2, 0.25) is 5.02 Å². The molecule has 0 bridgehead atoms. The van der Waals surface area contributed by atoms with Crippen molar-refractivity contribution in [1.82, 2.24) is 5.43 Å². The molecule has 0 fully saturated rings. The van der Waals surface area contributed by atoms with Crippen LogP contribution in [0.3, 0.4) is 0 Å². The largest absolute Gasteiger partial charge is 0.493 e. The summed E-state index contributed by atoms with van der Waals surface area (Å²) in [6.07, 6.45) is 1.39. The SMILES string of the molecule is COc1cccc(/C=N/NC(=O)CN(c2ccc(Cl)cc2C)S(=O)(=O)c2ccc(C)cc2)c1OC. The molecule has 0 saturated heterocycles. The Bertz CT molecular complexity index is 1340. The van der Waals surface area contributed by atoms with Gasteiger partial charge in [-0.1, -0.05) is 35.4 Å². The van der Waals surface area contributed by atoms with Crippen LogP contribution in [0.4, 0.5) is 5.69 Å². The van der Waals surface area contributed by atoms with E-state index in [-0.39, 0.29) is 4.90 Å². The lowest BCUT2D eigenvalue weighted by atomic mass is 10.2. The third-order valence-electron chi connectivity index (χ3n) is 5.15. The number of amides is 1. The van der Waals surface area contributed by atoms with Crippen molar-refractivity contribution in [2.45, 2.75) is 18.7 Å². The summed E-state index contributed by atoms with van der Waals surface area (Å²) in [7, 11) is -1.04. The molecule has 0 atom stereocenters. The highest BCUT2D eigenvalue weighted by atomic mass is 35.5. The van der Waals surface area contributed by atoms with Crippen molar-refractivity contribution in [2.75, 3.05) is 25.1 Å². The fraction of sp³-hybridized carbons (Fsp3) is 0.200. The predicted molar refractivity (Wildman–Crippen MR) is 137 cm³/mol. The van der Waals surface area contributed by atoms with Crippen LogP contribution in [-0.4, -0.2) is 41.3 Å². The molecule has 3 aromatic carbocycles. The molecule has 0 aliphatic heterocycles. The van der Waals surface area contributed by atoms with E-state index in [1.807, 2.05) is 6.92 Å². The second-order valence-electron chi connectivity index (χ2n) is 7.63. The van der Waals surface area contributed by atoms with Gasteiger partial charge in [-0.2, -0.15) is 5.10 Å². The number of hydrogen-bond donors (Lipinski definition) is 1. The minimum absolute atomic E-state index is 0.0647. The zero-order chi connectivity index (χ0) is 25.6. The monoisotopic (exact) mass is 515 g/mol. The quantitative estimate of drug-likeness (QED) is 0.338. The Kier molecular flexibility index (Phi) is 8.37. The summed E-state index contributed by atoms with van der Waals surface area (Å²) in [5, 5.41) is 4.43. The number of hydrazone groups is 1. The van der Waals surface area contributed by atoms with E-state index in [2.05, 4.69) is 10.5 Å². The highest BCUT2D eigenvalue weighted by Crippen LogP contribution is 2.30. The zero-order valence-corrected chi connectivity index (χ0v) is 21.4. The van der Waals surface area contributed by atoms with E-state index in [1.165, 1.54) is 32.6 Å². The fourth-order valence-corrected chi connectivity index (χ4v) is 5.10. The summed E-state index contributed by atoms with van der Waals surface area (Å²) in [6, 6.07) is 16.4. The molecule has 0 unspecified atom stereocenters. The first-order valence-electron chi connectivity index (χ1n) is 10.6. The van der Waals surface area contributed by atoms with E-state index in [0.717, 1.165) is 9.87 Å². The molecule has 0 spiro atoms. The Hall–Kier alpha value is -3.56. The van der Waals surface area contributed by atoms with Gasteiger partial charge in [0.1, 0.15) is 6.54 Å². The summed E-state index contributed by atoms with van der Waals surface area (Å²) >= 11 is 6.06. The lowest BCUT2D eigenvalue weighted by Gasteiger charge is -2.25. The van der Waals surface area contributed by atoms with Crippen molar-refractivity contribution >= 4 is 39.4 Å². The number of benzene rings is 3. The number of hydrogen-bond acceptors (Lipinski definition) is 6. The van der Waals surface area contributed by atoms with Gasteiger partial charge < -0.3 is 9.47 Å². The number of methoxy groups -OCH3 is 2. The standard InChI is InChI=1S/C25H26ClN3O5S/c1-17-8-11-21(12-9-17)35(31,32)29(22-13-10-20(26)14-18(22)2)16-24(30)28-27-15-19-6-5-7-23(33-3)25(19)34-4/h5-15H,16H2,1-4H3,(H,28,30)/b27-15+. The van der Waals surface area contributed by atoms with Crippen LogP contribution in [0, 0.1) is 13.8 Å². The number of sulfonamides is 1. The molecule has 0 aliphatic rings. The molecule has 1 N–H and O–H groups in total. The van der Waals surface area contributed by atoms with E-state index >= 15 is 0 Å². The van der Waals surface area contributed by atoms with Crippen LogP contribution in [0.5, 0.6) is 11.5 Å². The van der Waals surface area contributed by atoms with Crippen molar-refractivity contribution < 1.29 is 22.7 Å². The van der Waals surface area contributed by atoms with Gasteiger partial charge in [0.15, 0.2) is 11.5 Å². The second-order valence-corrected chi connectivity index (χ2v) is 9.93. The molecule has 8 nitrogen and oxygen atoms in total. The minimum Gasteiger partial charge on any atom is -0.493 e. The maximum Gasteiger partial charge on any atom is 0.264 e. The molecule has 184 valence electrons. The molecule has 0 heterocycles. The number of nitrogens with one attached hydrogen (secondary N) is 1. The lowest BCUT2D eigenvalue weighted by Crippen LogP contribution is -2.40. The molecule has 3 aromatic rings. The Morgan fingerprint density at radius 1 is 1.06 bits per heavy atom. The Labute approximate surface area is 210 Å². The van der Waals surface area contributed by atoms with Crippen LogP contribution in [0.15, 0.2) is 70.7 Å². The average Bonchev–Trinajstić information content (AvgIpc) is 2.83. The first-order chi connectivity index (χ1) is 16.7. The van der Waals surface area contributed by atoms with Gasteiger partial charge in [0.05, 0.1) is 31.0 Å². The summed E-state index contributed by atoms with van der Waals surface area (Å²) in [6.45, 7) is 3.09. The third kappa shape index (κ3) is 6.12. The number of halogens is 1. The van der Waals surface area contributed by atoms with Gasteiger partial charge >= 0.3 is 0 Å². The van der Waals surface area contributed by atoms with E-state index < -0.39 is 22.5 Å². The molecule has 0 saturated carbocycles. The summed E-state index contributed by atoms with van der Waals surface area (Å²) in [5.74, 6) is 0.331. The second kappa shape index (κ2) is 11.2. The molecular formula is C25H26ClN3O5S. The Balaban J connectivity index is 1.89. The number of carbonyl (C=O) groups excluding carboxylic acids is 1. The third-order valence-corrected chi connectivity index (χ3v) is 7.16. The van der Waals surface area contributed by atoms with Gasteiger partial charge in [0.2, 0.25) is 0 Å². The number of nitrogens with zero attached hydrogens (tertiary/aromatic N) is 2. The van der Waals surface area contributed by atoms with Crippen molar-refractivity contribution in [3.05, 3.63) is 82.4 Å². The van der Waals surface area contributed by atoms with Gasteiger partial charge in [-0.05, 0) is 61.9 Å². The number of aryl methyl sites for hydroxylation is 2. The smallest absolute Gasteiger partial charge is 0.264 e. The van der Waals surface area contributed by atoms with Gasteiger partial charge in [-0.15, -0.1) is 0 Å². The van der Waals surface area contributed by atoms with E-state index in [1.54, 1.807) is 55.5 Å². The van der Waals surface area contributed by atoms with E-state index in [0.29, 0.717) is 33.3 Å². The Morgan fingerprint density at radius 3 is 2.40 bits per heavy atom. The van der Waals surface area contributed by atoms with Crippen molar-refractivity contribution in [3.63, 3.8) is 0 Å². The number of para-hydroxylation sites is 1. The first-order valence-corrected chi connectivity index (χ1v) is 12.4. The number of rotatable bonds is 9. The molecule has 0 radical (unpaired) electrons. The van der Waals surface area contributed by atoms with Crippen molar-refractivity contribution in [2.24, 2.45) is 5.10 Å². The van der Waals surface area contributed by atoms with Gasteiger partial charge in [-0.3, -0.25) is 9.10 Å². The zero-order valence-electron chi connectivity index (χ0n) is 19.8. The van der Waals surface area contributed by atoms with E-state index in [4.69, 9.17) is 21.1 Å². The summed E-state index contributed by atoms with van der Waals surface area (Å²) < 4.78 is 38.7. The number of carbonyl (C=O) groups is 1. The van der Waals surface area contributed by atoms with Crippen molar-refractivity contribution in [1.29, 1.82) is 0 Å². The molecule has 3 rings (SSSR count). The molecular weight excluding hydrogens is 490 g/mol. The van der Waals surface area contributed by atoms with Crippen LogP contribution in [0.25, 0.3) is 0 Å². The number of anilines is 1. The van der Waals surface area contributed by atoms with Gasteiger partial charge in [0.25, 0.3) is 15.9 Å². The molecule has 0 aromatic heterocycles. The molecule has 35 heavy (non-hydrogen) atoms. The fourth-order valence-electron chi connectivity index (χ4n) is 3.39. The highest BCUT2D eigenvalue weighted by Gasteiger charge is 2.28. The summed E-state index contributed by atoms with van der Waals surface area (Å²) in [5.41, 5.74) is 4.81. The van der Waals surface area contributed by atoms with Gasteiger partial charge in [0, 0.05) is 10.6 Å². The summed E-state index contributed by atoms with van der Waals surface area (Å²) in [4.78, 5) is 12.9. The maximum absolute atomic E-state index is 13.5. The minimum atomic E-state index is -4.06. The Morgan fingerprint density at radius 2 is 1.77 bits per heavy atom. The molecule has 0 aliphatic carbocycles. The van der Waals surface area contributed by atoms with Crippen LogP contribution >= 0.6 is 11.6 Å². The van der Waals surface area contributed by atoms with Crippen molar-refractivity contribution in [3.8, 4) is 11.5 Å². The number of ether oxygens (including phenoxy) is 2. The van der Waals surface area contributed by atoms with Crippen LogP contribution in [-0.2, 0) is 14.8 Å². The molecule has 1 amide bonds. The van der Waals surface area contributed by atoms with E-state index in [9.17, 15) is 13.2 Å². The van der Waals surface area contributed by atoms with Crippen LogP contribution < -0.4 is 19.2 Å². The first kappa shape index (κ1) is 26.1. The lowest BCUT2D eigenvalue weighted by molar-refractivity contribution is -0.119. The predicted octanol–water partition coefficient (Wildman–Crippen LogP) is 4.32. The average molecular weight is 516 g/mol. The van der Waals surface area contributed by atoms with Crippen LogP contribution in [0.1, 0.15) is 16.7 Å². The highest BCUT2D eigenvalue weighted by molar-refractivity contribution is 7.92.